The molecule has 1 fully saturated rings. The Kier molecular flexibility index (Phi) is 5.24. The highest BCUT2D eigenvalue weighted by Crippen LogP contribution is 2.23. The summed E-state index contributed by atoms with van der Waals surface area (Å²) in [6, 6.07) is 5.67. The van der Waals surface area contributed by atoms with Gasteiger partial charge in [-0.1, -0.05) is 12.1 Å². The summed E-state index contributed by atoms with van der Waals surface area (Å²) in [5, 5.41) is 3.16. The lowest BCUT2D eigenvalue weighted by Crippen LogP contribution is -2.43. The second kappa shape index (κ2) is 6.77. The first-order chi connectivity index (χ1) is 9.94. The second-order valence-electron chi connectivity index (χ2n) is 5.75. The molecule has 0 saturated carbocycles. The molecule has 1 aliphatic rings. The standard InChI is InChI=1S/C15H25N3O2S/c1-12-5-4-6-15(13(12)2)17-21(19,20)18-9-7-14(8-10-18)11-16-3/h4-6,14,16-17H,7-11H2,1-3H3. The van der Waals surface area contributed by atoms with Crippen molar-refractivity contribution >= 4 is 15.9 Å². The molecule has 1 aromatic carbocycles. The molecule has 0 spiro atoms. The van der Waals surface area contributed by atoms with Gasteiger partial charge in [-0.25, -0.2) is 0 Å². The average molecular weight is 311 g/mol. The zero-order valence-corrected chi connectivity index (χ0v) is 13.8. The molecule has 2 N–H and O–H groups in total. The van der Waals surface area contributed by atoms with E-state index in [-0.39, 0.29) is 0 Å². The Bertz CT molecular complexity index is 579. The Morgan fingerprint density at radius 3 is 2.52 bits per heavy atom. The first-order valence-corrected chi connectivity index (χ1v) is 8.86. The number of nitrogens with one attached hydrogen (secondary N) is 2. The van der Waals surface area contributed by atoms with Crippen molar-refractivity contribution in [2.24, 2.45) is 5.92 Å². The molecule has 5 nitrogen and oxygen atoms in total. The smallest absolute Gasteiger partial charge is 0.301 e. The van der Waals surface area contributed by atoms with Gasteiger partial charge in [-0.3, -0.25) is 4.72 Å². The molecular weight excluding hydrogens is 286 g/mol. The average Bonchev–Trinajstić information content (AvgIpc) is 2.45. The van der Waals surface area contributed by atoms with E-state index < -0.39 is 10.2 Å². The maximum absolute atomic E-state index is 12.5. The highest BCUT2D eigenvalue weighted by molar-refractivity contribution is 7.90. The van der Waals surface area contributed by atoms with Crippen LogP contribution >= 0.6 is 0 Å². The fraction of sp³-hybridized carbons (Fsp3) is 0.600. The zero-order valence-electron chi connectivity index (χ0n) is 13.0. The lowest BCUT2D eigenvalue weighted by molar-refractivity contribution is 0.272. The van der Waals surface area contributed by atoms with Crippen molar-refractivity contribution in [2.75, 3.05) is 31.4 Å². The van der Waals surface area contributed by atoms with Crippen molar-refractivity contribution < 1.29 is 8.42 Å². The maximum Gasteiger partial charge on any atom is 0.301 e. The molecule has 1 heterocycles. The van der Waals surface area contributed by atoms with Crippen LogP contribution in [0.5, 0.6) is 0 Å². The first kappa shape index (κ1) is 16.3. The van der Waals surface area contributed by atoms with Gasteiger partial charge in [0.1, 0.15) is 0 Å². The van der Waals surface area contributed by atoms with Crippen LogP contribution in [0.4, 0.5) is 5.69 Å². The van der Waals surface area contributed by atoms with E-state index in [0.717, 1.165) is 30.5 Å². The minimum absolute atomic E-state index is 0.571. The lowest BCUT2D eigenvalue weighted by atomic mass is 9.98. The summed E-state index contributed by atoms with van der Waals surface area (Å²) in [6.45, 7) is 6.06. The van der Waals surface area contributed by atoms with Gasteiger partial charge in [0.05, 0.1) is 5.69 Å². The van der Waals surface area contributed by atoms with Crippen molar-refractivity contribution in [3.8, 4) is 0 Å². The Morgan fingerprint density at radius 2 is 1.90 bits per heavy atom. The van der Waals surface area contributed by atoms with Gasteiger partial charge in [0.25, 0.3) is 0 Å². The quantitative estimate of drug-likeness (QED) is 0.873. The molecule has 6 heteroatoms. The highest BCUT2D eigenvalue weighted by Gasteiger charge is 2.28. The van der Waals surface area contributed by atoms with Crippen LogP contribution in [0.3, 0.4) is 0 Å². The van der Waals surface area contributed by atoms with Gasteiger partial charge in [0.15, 0.2) is 0 Å². The molecule has 0 unspecified atom stereocenters. The molecule has 0 amide bonds. The molecule has 21 heavy (non-hydrogen) atoms. The van der Waals surface area contributed by atoms with E-state index in [2.05, 4.69) is 10.0 Å². The number of hydrogen-bond acceptors (Lipinski definition) is 3. The largest absolute Gasteiger partial charge is 0.319 e. The third-order valence-corrected chi connectivity index (χ3v) is 5.77. The van der Waals surface area contributed by atoms with Gasteiger partial charge in [-0.15, -0.1) is 0 Å². The van der Waals surface area contributed by atoms with E-state index in [4.69, 9.17) is 0 Å². The van der Waals surface area contributed by atoms with Crippen molar-refractivity contribution in [1.82, 2.24) is 9.62 Å². The van der Waals surface area contributed by atoms with E-state index >= 15 is 0 Å². The third-order valence-electron chi connectivity index (χ3n) is 4.25. The number of piperidine rings is 1. The normalized spacial score (nSPS) is 17.9. The topological polar surface area (TPSA) is 61.4 Å². The molecule has 0 aliphatic carbocycles. The molecule has 0 bridgehead atoms. The summed E-state index contributed by atoms with van der Waals surface area (Å²) in [4.78, 5) is 0. The minimum Gasteiger partial charge on any atom is -0.319 e. The van der Waals surface area contributed by atoms with Crippen LogP contribution < -0.4 is 10.0 Å². The molecule has 1 saturated heterocycles. The van der Waals surface area contributed by atoms with E-state index in [0.29, 0.717) is 24.7 Å². The van der Waals surface area contributed by atoms with E-state index in [1.165, 1.54) is 0 Å². The molecule has 1 aliphatic heterocycles. The summed E-state index contributed by atoms with van der Waals surface area (Å²) in [6.07, 6.45) is 1.82. The van der Waals surface area contributed by atoms with Gasteiger partial charge in [0, 0.05) is 13.1 Å². The van der Waals surface area contributed by atoms with Crippen LogP contribution in [0.1, 0.15) is 24.0 Å². The number of aryl methyl sites for hydroxylation is 1. The van der Waals surface area contributed by atoms with Crippen molar-refractivity contribution in [1.29, 1.82) is 0 Å². The summed E-state index contributed by atoms with van der Waals surface area (Å²) >= 11 is 0. The van der Waals surface area contributed by atoms with Crippen LogP contribution in [-0.2, 0) is 10.2 Å². The van der Waals surface area contributed by atoms with E-state index in [1.54, 1.807) is 4.31 Å². The molecule has 1 aromatic rings. The van der Waals surface area contributed by atoms with Crippen molar-refractivity contribution in [2.45, 2.75) is 26.7 Å². The van der Waals surface area contributed by atoms with Crippen molar-refractivity contribution in [3.05, 3.63) is 29.3 Å². The predicted molar refractivity (Wildman–Crippen MR) is 86.7 cm³/mol. The Labute approximate surface area is 127 Å². The fourth-order valence-electron chi connectivity index (χ4n) is 2.71. The maximum atomic E-state index is 12.5. The van der Waals surface area contributed by atoms with Crippen LogP contribution in [0.15, 0.2) is 18.2 Å². The van der Waals surface area contributed by atoms with Gasteiger partial charge >= 0.3 is 10.2 Å². The molecule has 0 atom stereocenters. The van der Waals surface area contributed by atoms with Gasteiger partial charge in [-0.2, -0.15) is 12.7 Å². The molecule has 0 aromatic heterocycles. The number of rotatable bonds is 5. The lowest BCUT2D eigenvalue weighted by Gasteiger charge is -2.31. The van der Waals surface area contributed by atoms with E-state index in [9.17, 15) is 8.42 Å². The Hall–Kier alpha value is -1.11. The van der Waals surface area contributed by atoms with E-state index in [1.807, 2.05) is 39.1 Å². The molecule has 0 radical (unpaired) electrons. The molecule has 2 rings (SSSR count). The van der Waals surface area contributed by atoms with Crippen LogP contribution in [-0.4, -0.2) is 39.4 Å². The van der Waals surface area contributed by atoms with Gasteiger partial charge in [-0.05, 0) is 63.4 Å². The monoisotopic (exact) mass is 311 g/mol. The number of anilines is 1. The second-order valence-corrected chi connectivity index (χ2v) is 7.43. The first-order valence-electron chi connectivity index (χ1n) is 7.42. The number of nitrogens with zero attached hydrogens (tertiary/aromatic N) is 1. The number of hydrogen-bond donors (Lipinski definition) is 2. The van der Waals surface area contributed by atoms with Gasteiger partial charge < -0.3 is 5.32 Å². The summed E-state index contributed by atoms with van der Waals surface area (Å²) in [5.74, 6) is 0.571. The molecular formula is C15H25N3O2S. The molecule has 118 valence electrons. The Morgan fingerprint density at radius 1 is 1.24 bits per heavy atom. The minimum atomic E-state index is -3.45. The summed E-state index contributed by atoms with van der Waals surface area (Å²) in [5.41, 5.74) is 2.74. The van der Waals surface area contributed by atoms with Crippen LogP contribution in [0.25, 0.3) is 0 Å². The van der Waals surface area contributed by atoms with Crippen LogP contribution in [0.2, 0.25) is 0 Å². The highest BCUT2D eigenvalue weighted by atomic mass is 32.2. The predicted octanol–water partition coefficient (Wildman–Crippen LogP) is 1.89. The van der Waals surface area contributed by atoms with Gasteiger partial charge in [0.2, 0.25) is 0 Å². The summed E-state index contributed by atoms with van der Waals surface area (Å²) in [7, 11) is -1.52. The third kappa shape index (κ3) is 3.96. The van der Waals surface area contributed by atoms with Crippen molar-refractivity contribution in [3.63, 3.8) is 0 Å². The fourth-order valence-corrected chi connectivity index (χ4v) is 4.03. The Balaban J connectivity index is 2.04. The number of benzene rings is 1. The zero-order chi connectivity index (χ0) is 15.5. The summed E-state index contributed by atoms with van der Waals surface area (Å²) < 4.78 is 29.2. The van der Waals surface area contributed by atoms with Crippen LogP contribution in [0, 0.1) is 19.8 Å². The SMILES string of the molecule is CNCC1CCN(S(=O)(=O)Nc2cccc(C)c2C)CC1.